The Labute approximate surface area is 206 Å². The van der Waals surface area contributed by atoms with Gasteiger partial charge in [0.15, 0.2) is 29.3 Å². The van der Waals surface area contributed by atoms with Gasteiger partial charge in [-0.3, -0.25) is 23.7 Å². The number of fused-ring (bicyclic) bond motifs is 1. The van der Waals surface area contributed by atoms with Crippen LogP contribution in [0.25, 0.3) is 11.0 Å². The summed E-state index contributed by atoms with van der Waals surface area (Å²) in [5.41, 5.74) is 3.37. The Kier molecular flexibility index (Phi) is 7.96. The number of nitrogens with one attached hydrogen (secondary N) is 1. The van der Waals surface area contributed by atoms with Crippen molar-refractivity contribution in [2.75, 3.05) is 6.61 Å². The minimum Gasteiger partial charge on any atom is -0.463 e. The van der Waals surface area contributed by atoms with Crippen molar-refractivity contribution in [1.82, 2.24) is 9.55 Å². The number of nitrogens with zero attached hydrogens (tertiary/aromatic N) is 1. The molecule has 0 saturated carbocycles. The summed E-state index contributed by atoms with van der Waals surface area (Å²) in [4.78, 5) is 50.7. The highest BCUT2D eigenvalue weighted by Gasteiger charge is 2.53. The third-order valence-electron chi connectivity index (χ3n) is 5.55. The highest BCUT2D eigenvalue weighted by atomic mass is 32.1. The molecule has 35 heavy (non-hydrogen) atoms. The molecule has 0 bridgehead atoms. The first-order valence-electron chi connectivity index (χ1n) is 10.9. The predicted molar refractivity (Wildman–Crippen MR) is 124 cm³/mol. The lowest BCUT2D eigenvalue weighted by Gasteiger charge is -2.44. The quantitative estimate of drug-likeness (QED) is 0.352. The monoisotopic (exact) mass is 508 g/mol. The molecule has 0 radical (unpaired) electrons. The fourth-order valence-corrected chi connectivity index (χ4v) is 4.36. The van der Waals surface area contributed by atoms with Crippen molar-refractivity contribution in [2.45, 2.75) is 72.2 Å². The maximum atomic E-state index is 12.1. The topological polar surface area (TPSA) is 135 Å². The van der Waals surface area contributed by atoms with E-state index in [0.29, 0.717) is 11.0 Å². The van der Waals surface area contributed by atoms with Gasteiger partial charge in [0.1, 0.15) is 12.7 Å². The van der Waals surface area contributed by atoms with Gasteiger partial charge in [0.05, 0.1) is 11.0 Å². The molecule has 0 amide bonds. The summed E-state index contributed by atoms with van der Waals surface area (Å²) < 4.78 is 29.7. The van der Waals surface area contributed by atoms with Gasteiger partial charge in [0, 0.05) is 27.7 Å². The van der Waals surface area contributed by atoms with E-state index in [9.17, 15) is 19.2 Å². The number of aromatic nitrogens is 2. The fourth-order valence-electron chi connectivity index (χ4n) is 4.05. The SMILES string of the molecule is CC(=O)OC[C@H]1O[C@@H](n2c(=S)[nH]c3cc(C)c(C)cc32)[C@H](OC(C)=O)[C@@H](OC(C)=O)[C@@H]1OC(C)=O. The van der Waals surface area contributed by atoms with Crippen LogP contribution < -0.4 is 0 Å². The van der Waals surface area contributed by atoms with Crippen molar-refractivity contribution >= 4 is 47.1 Å². The van der Waals surface area contributed by atoms with E-state index < -0.39 is 54.5 Å². The van der Waals surface area contributed by atoms with Crippen LogP contribution in [0.1, 0.15) is 45.0 Å². The van der Waals surface area contributed by atoms with Gasteiger partial charge in [-0.2, -0.15) is 0 Å². The van der Waals surface area contributed by atoms with Crippen LogP contribution in [-0.4, -0.2) is 64.5 Å². The molecule has 5 atom stereocenters. The molecule has 1 aliphatic heterocycles. The van der Waals surface area contributed by atoms with Crippen LogP contribution in [0.4, 0.5) is 0 Å². The number of hydrogen-bond acceptors (Lipinski definition) is 10. The standard InChI is InChI=1S/C23H28N2O9S/c1-10-7-16-17(8-11(10)2)25(23(35)24-16)22-21(33-15(6)29)20(32-14(5)28)19(31-13(4)27)18(34-22)9-30-12(3)26/h7-8,18-22H,9H2,1-6H3,(H,24,35)/t18-,19-,20+,21-,22-/m1/s1. The van der Waals surface area contributed by atoms with Gasteiger partial charge in [-0.05, 0) is 49.3 Å². The number of esters is 4. The zero-order chi connectivity index (χ0) is 26.0. The van der Waals surface area contributed by atoms with Crippen molar-refractivity contribution in [3.05, 3.63) is 28.0 Å². The van der Waals surface area contributed by atoms with Crippen LogP contribution >= 0.6 is 12.2 Å². The molecule has 1 N–H and O–H groups in total. The Balaban J connectivity index is 2.21. The lowest BCUT2D eigenvalue weighted by molar-refractivity contribution is -0.268. The first-order valence-corrected chi connectivity index (χ1v) is 11.3. The van der Waals surface area contributed by atoms with Gasteiger partial charge in [-0.1, -0.05) is 0 Å². The van der Waals surface area contributed by atoms with Crippen molar-refractivity contribution in [3.8, 4) is 0 Å². The summed E-state index contributed by atoms with van der Waals surface area (Å²) in [5.74, 6) is -2.67. The number of hydrogen-bond donors (Lipinski definition) is 1. The molecule has 190 valence electrons. The number of aromatic amines is 1. The number of imidazole rings is 1. The molecular weight excluding hydrogens is 480 g/mol. The summed E-state index contributed by atoms with van der Waals surface area (Å²) in [7, 11) is 0. The Bertz CT molecular complexity index is 1220. The molecule has 0 spiro atoms. The second kappa shape index (κ2) is 10.6. The number of rotatable bonds is 6. The highest BCUT2D eigenvalue weighted by Crippen LogP contribution is 2.37. The molecule has 2 aromatic rings. The average Bonchev–Trinajstić information content (AvgIpc) is 3.03. The minimum absolute atomic E-state index is 0.255. The van der Waals surface area contributed by atoms with Gasteiger partial charge in [0.2, 0.25) is 0 Å². The van der Waals surface area contributed by atoms with E-state index in [1.54, 1.807) is 4.57 Å². The second-order valence-electron chi connectivity index (χ2n) is 8.34. The molecule has 1 aromatic carbocycles. The molecule has 0 aliphatic carbocycles. The average molecular weight is 509 g/mol. The highest BCUT2D eigenvalue weighted by molar-refractivity contribution is 7.71. The lowest BCUT2D eigenvalue weighted by Crippen LogP contribution is -2.60. The number of aryl methyl sites for hydroxylation is 2. The van der Waals surface area contributed by atoms with E-state index in [-0.39, 0.29) is 11.4 Å². The molecule has 3 rings (SSSR count). The third kappa shape index (κ3) is 5.88. The number of carbonyl (C=O) groups is 4. The van der Waals surface area contributed by atoms with Gasteiger partial charge in [0.25, 0.3) is 0 Å². The summed E-state index contributed by atoms with van der Waals surface area (Å²) >= 11 is 5.57. The zero-order valence-electron chi connectivity index (χ0n) is 20.3. The maximum absolute atomic E-state index is 12.1. The number of ether oxygens (including phenoxy) is 5. The van der Waals surface area contributed by atoms with E-state index in [1.165, 1.54) is 27.7 Å². The molecule has 0 unspecified atom stereocenters. The maximum Gasteiger partial charge on any atom is 0.303 e. The molecule has 1 saturated heterocycles. The molecule has 2 heterocycles. The van der Waals surface area contributed by atoms with Crippen molar-refractivity contribution in [3.63, 3.8) is 0 Å². The summed E-state index contributed by atoms with van der Waals surface area (Å²) in [6.45, 7) is 8.32. The second-order valence-corrected chi connectivity index (χ2v) is 8.73. The zero-order valence-corrected chi connectivity index (χ0v) is 21.1. The summed E-state index contributed by atoms with van der Waals surface area (Å²) in [6.07, 6.45) is -5.94. The predicted octanol–water partition coefficient (Wildman–Crippen LogP) is 2.57. The minimum atomic E-state index is -1.28. The van der Waals surface area contributed by atoms with Gasteiger partial charge >= 0.3 is 23.9 Å². The summed E-state index contributed by atoms with van der Waals surface area (Å²) in [5, 5.41) is 0. The van der Waals surface area contributed by atoms with E-state index in [2.05, 4.69) is 4.98 Å². The van der Waals surface area contributed by atoms with Crippen LogP contribution in [0.2, 0.25) is 0 Å². The smallest absolute Gasteiger partial charge is 0.303 e. The molecule has 11 nitrogen and oxygen atoms in total. The third-order valence-corrected chi connectivity index (χ3v) is 5.85. The number of H-pyrrole nitrogens is 1. The Morgan fingerprint density at radius 3 is 2.00 bits per heavy atom. The number of carbonyl (C=O) groups excluding carboxylic acids is 4. The van der Waals surface area contributed by atoms with E-state index in [4.69, 9.17) is 35.9 Å². The van der Waals surface area contributed by atoms with Crippen LogP contribution in [0.15, 0.2) is 12.1 Å². The van der Waals surface area contributed by atoms with Gasteiger partial charge < -0.3 is 28.7 Å². The molecule has 1 aliphatic rings. The van der Waals surface area contributed by atoms with Crippen LogP contribution in [0.5, 0.6) is 0 Å². The van der Waals surface area contributed by atoms with Crippen molar-refractivity contribution < 1.29 is 42.9 Å². The van der Waals surface area contributed by atoms with E-state index in [1.807, 2.05) is 26.0 Å². The molecule has 12 heteroatoms. The van der Waals surface area contributed by atoms with Gasteiger partial charge in [-0.25, -0.2) is 0 Å². The van der Waals surface area contributed by atoms with Crippen LogP contribution in [0.3, 0.4) is 0 Å². The normalized spacial score (nSPS) is 24.0. The Morgan fingerprint density at radius 1 is 0.886 bits per heavy atom. The molecule has 1 aromatic heterocycles. The lowest BCUT2D eigenvalue weighted by atomic mass is 9.97. The summed E-state index contributed by atoms with van der Waals surface area (Å²) in [6, 6.07) is 3.81. The van der Waals surface area contributed by atoms with Crippen LogP contribution in [0, 0.1) is 18.6 Å². The largest absolute Gasteiger partial charge is 0.463 e. The van der Waals surface area contributed by atoms with E-state index >= 15 is 0 Å². The van der Waals surface area contributed by atoms with E-state index in [0.717, 1.165) is 11.1 Å². The van der Waals surface area contributed by atoms with Crippen molar-refractivity contribution in [1.29, 1.82) is 0 Å². The van der Waals surface area contributed by atoms with Crippen molar-refractivity contribution in [2.24, 2.45) is 0 Å². The fraction of sp³-hybridized carbons (Fsp3) is 0.522. The first kappa shape index (κ1) is 26.4. The first-order chi connectivity index (χ1) is 16.4. The Hall–Kier alpha value is -3.25. The molecule has 1 fully saturated rings. The number of benzene rings is 1. The van der Waals surface area contributed by atoms with Gasteiger partial charge in [-0.15, -0.1) is 0 Å². The Morgan fingerprint density at radius 2 is 1.43 bits per heavy atom. The molecular formula is C23H28N2O9S. The van der Waals surface area contributed by atoms with Crippen LogP contribution in [-0.2, 0) is 42.9 Å².